The highest BCUT2D eigenvalue weighted by atomic mass is 16.5. The molecule has 23 heavy (non-hydrogen) atoms. The van der Waals surface area contributed by atoms with Gasteiger partial charge in [0, 0.05) is 25.4 Å². The average molecular weight is 310 g/mol. The normalized spacial score (nSPS) is 10.7. The topological polar surface area (TPSA) is 73.1 Å². The number of aromatic nitrogens is 3. The molecule has 1 N–H and O–H groups in total. The molecule has 0 atom stereocenters. The maximum atomic E-state index is 5.33. The number of nitrogens with one attached hydrogen (secondary N) is 1. The molecule has 0 bridgehead atoms. The number of rotatable bonds is 6. The number of benzene rings is 1. The van der Waals surface area contributed by atoms with Gasteiger partial charge in [0.2, 0.25) is 5.82 Å². The minimum absolute atomic E-state index is 0.455. The molecule has 0 saturated carbocycles. The van der Waals surface area contributed by atoms with E-state index in [2.05, 4.69) is 20.4 Å². The van der Waals surface area contributed by atoms with Gasteiger partial charge in [-0.25, -0.2) is 4.98 Å². The predicted molar refractivity (Wildman–Crippen MR) is 88.1 cm³/mol. The van der Waals surface area contributed by atoms with Crippen molar-refractivity contribution >= 4 is 5.82 Å². The van der Waals surface area contributed by atoms with Gasteiger partial charge in [0.25, 0.3) is 5.89 Å². The highest BCUT2D eigenvalue weighted by molar-refractivity contribution is 5.60. The molecule has 0 aliphatic carbocycles. The number of ether oxygens (including phenoxy) is 1. The number of aryl methyl sites for hydroxylation is 1. The van der Waals surface area contributed by atoms with Crippen LogP contribution in [0, 0.1) is 6.92 Å². The van der Waals surface area contributed by atoms with E-state index in [4.69, 9.17) is 9.26 Å². The Morgan fingerprint density at radius 1 is 1.09 bits per heavy atom. The van der Waals surface area contributed by atoms with Crippen LogP contribution in [-0.4, -0.2) is 35.4 Å². The van der Waals surface area contributed by atoms with Crippen LogP contribution in [0.5, 0.6) is 0 Å². The van der Waals surface area contributed by atoms with E-state index in [1.807, 2.05) is 43.3 Å². The van der Waals surface area contributed by atoms with Crippen LogP contribution in [-0.2, 0) is 4.74 Å². The van der Waals surface area contributed by atoms with E-state index in [0.717, 1.165) is 16.9 Å². The number of pyridine rings is 1. The van der Waals surface area contributed by atoms with Crippen molar-refractivity contribution in [2.45, 2.75) is 6.92 Å². The lowest BCUT2D eigenvalue weighted by molar-refractivity contribution is 0.210. The SMILES string of the molecule is COCCNc1ccc(-c2nc(-c3ccc(C)cc3)no2)cn1. The Morgan fingerprint density at radius 2 is 1.87 bits per heavy atom. The Morgan fingerprint density at radius 3 is 2.57 bits per heavy atom. The maximum absolute atomic E-state index is 5.33. The second-order valence-electron chi connectivity index (χ2n) is 5.14. The lowest BCUT2D eigenvalue weighted by Gasteiger charge is -2.04. The number of hydrogen-bond acceptors (Lipinski definition) is 6. The predicted octanol–water partition coefficient (Wildman–Crippen LogP) is 3.17. The van der Waals surface area contributed by atoms with Crippen LogP contribution < -0.4 is 5.32 Å². The lowest BCUT2D eigenvalue weighted by atomic mass is 10.1. The summed E-state index contributed by atoms with van der Waals surface area (Å²) in [6.07, 6.45) is 1.71. The molecule has 0 aliphatic heterocycles. The van der Waals surface area contributed by atoms with Crippen molar-refractivity contribution in [1.29, 1.82) is 0 Å². The van der Waals surface area contributed by atoms with Gasteiger partial charge in [-0.2, -0.15) is 4.98 Å². The van der Waals surface area contributed by atoms with Crippen molar-refractivity contribution in [3.8, 4) is 22.8 Å². The Balaban J connectivity index is 1.73. The number of methoxy groups -OCH3 is 1. The van der Waals surface area contributed by atoms with Crippen LogP contribution in [0.2, 0.25) is 0 Å². The molecule has 1 aromatic carbocycles. The van der Waals surface area contributed by atoms with Crippen LogP contribution in [0.4, 0.5) is 5.82 Å². The van der Waals surface area contributed by atoms with Gasteiger partial charge in [0.1, 0.15) is 5.82 Å². The molecule has 6 nitrogen and oxygen atoms in total. The summed E-state index contributed by atoms with van der Waals surface area (Å²) in [5.41, 5.74) is 2.91. The Hall–Kier alpha value is -2.73. The standard InChI is InChI=1S/C17H18N4O2/c1-12-3-5-13(6-4-12)16-20-17(23-21-16)14-7-8-15(19-11-14)18-9-10-22-2/h3-8,11H,9-10H2,1-2H3,(H,18,19). The molecule has 0 saturated heterocycles. The quantitative estimate of drug-likeness (QED) is 0.705. The van der Waals surface area contributed by atoms with Crippen molar-refractivity contribution in [1.82, 2.24) is 15.1 Å². The summed E-state index contributed by atoms with van der Waals surface area (Å²) in [4.78, 5) is 8.75. The fourth-order valence-corrected chi connectivity index (χ4v) is 2.07. The summed E-state index contributed by atoms with van der Waals surface area (Å²) >= 11 is 0. The van der Waals surface area contributed by atoms with Crippen LogP contribution in [0.3, 0.4) is 0 Å². The fourth-order valence-electron chi connectivity index (χ4n) is 2.07. The third-order valence-corrected chi connectivity index (χ3v) is 3.36. The third kappa shape index (κ3) is 3.73. The summed E-state index contributed by atoms with van der Waals surface area (Å²) < 4.78 is 10.3. The zero-order chi connectivity index (χ0) is 16.1. The maximum Gasteiger partial charge on any atom is 0.259 e. The lowest BCUT2D eigenvalue weighted by Crippen LogP contribution is -2.08. The molecule has 0 radical (unpaired) electrons. The van der Waals surface area contributed by atoms with Gasteiger partial charge in [-0.15, -0.1) is 0 Å². The first-order valence-electron chi connectivity index (χ1n) is 7.36. The first-order chi connectivity index (χ1) is 11.3. The summed E-state index contributed by atoms with van der Waals surface area (Å²) in [7, 11) is 1.67. The summed E-state index contributed by atoms with van der Waals surface area (Å²) in [6, 6.07) is 11.8. The van der Waals surface area contributed by atoms with E-state index >= 15 is 0 Å². The smallest absolute Gasteiger partial charge is 0.259 e. The molecule has 6 heteroatoms. The minimum atomic E-state index is 0.455. The van der Waals surface area contributed by atoms with Crippen molar-refractivity contribution in [2.75, 3.05) is 25.6 Å². The van der Waals surface area contributed by atoms with Crippen molar-refractivity contribution in [2.24, 2.45) is 0 Å². The molecule has 0 fully saturated rings. The van der Waals surface area contributed by atoms with Gasteiger partial charge in [0.05, 0.1) is 12.2 Å². The highest BCUT2D eigenvalue weighted by Gasteiger charge is 2.10. The number of hydrogen-bond donors (Lipinski definition) is 1. The molecule has 2 aromatic heterocycles. The van der Waals surface area contributed by atoms with E-state index in [-0.39, 0.29) is 0 Å². The van der Waals surface area contributed by atoms with Gasteiger partial charge < -0.3 is 14.6 Å². The molecule has 0 unspecified atom stereocenters. The average Bonchev–Trinajstić information content (AvgIpc) is 3.06. The molecule has 0 spiro atoms. The van der Waals surface area contributed by atoms with Gasteiger partial charge in [-0.1, -0.05) is 35.0 Å². The molecular weight excluding hydrogens is 292 g/mol. The summed E-state index contributed by atoms with van der Waals surface area (Å²) in [5.74, 6) is 1.81. The van der Waals surface area contributed by atoms with Crippen LogP contribution in [0.25, 0.3) is 22.8 Å². The Bertz CT molecular complexity index is 751. The number of anilines is 1. The van der Waals surface area contributed by atoms with E-state index in [9.17, 15) is 0 Å². The molecule has 2 heterocycles. The Labute approximate surface area is 134 Å². The van der Waals surface area contributed by atoms with Crippen LogP contribution in [0.1, 0.15) is 5.56 Å². The zero-order valence-electron chi connectivity index (χ0n) is 13.1. The highest BCUT2D eigenvalue weighted by Crippen LogP contribution is 2.22. The summed E-state index contributed by atoms with van der Waals surface area (Å²) in [5, 5.41) is 7.19. The monoisotopic (exact) mass is 310 g/mol. The van der Waals surface area contributed by atoms with Crippen LogP contribution in [0.15, 0.2) is 47.1 Å². The molecule has 118 valence electrons. The molecule has 3 aromatic rings. The molecule has 0 aliphatic rings. The zero-order valence-corrected chi connectivity index (χ0v) is 13.1. The van der Waals surface area contributed by atoms with Crippen molar-refractivity contribution in [3.63, 3.8) is 0 Å². The van der Waals surface area contributed by atoms with Gasteiger partial charge >= 0.3 is 0 Å². The van der Waals surface area contributed by atoms with E-state index in [1.165, 1.54) is 5.56 Å². The van der Waals surface area contributed by atoms with E-state index < -0.39 is 0 Å². The fraction of sp³-hybridized carbons (Fsp3) is 0.235. The van der Waals surface area contributed by atoms with Crippen molar-refractivity contribution in [3.05, 3.63) is 48.2 Å². The molecular formula is C17H18N4O2. The van der Waals surface area contributed by atoms with Gasteiger partial charge in [-0.05, 0) is 19.1 Å². The summed E-state index contributed by atoms with van der Waals surface area (Å²) in [6.45, 7) is 3.38. The molecule has 3 rings (SSSR count). The van der Waals surface area contributed by atoms with Crippen molar-refractivity contribution < 1.29 is 9.26 Å². The Kier molecular flexibility index (Phi) is 4.63. The van der Waals surface area contributed by atoms with E-state index in [0.29, 0.717) is 24.9 Å². The van der Waals surface area contributed by atoms with Crippen LogP contribution >= 0.6 is 0 Å². The van der Waals surface area contributed by atoms with Gasteiger partial charge in [0.15, 0.2) is 0 Å². The minimum Gasteiger partial charge on any atom is -0.383 e. The third-order valence-electron chi connectivity index (χ3n) is 3.36. The second kappa shape index (κ2) is 7.02. The largest absolute Gasteiger partial charge is 0.383 e. The first-order valence-corrected chi connectivity index (χ1v) is 7.36. The molecule has 0 amide bonds. The first kappa shape index (κ1) is 15.2. The second-order valence-corrected chi connectivity index (χ2v) is 5.14. The number of nitrogens with zero attached hydrogens (tertiary/aromatic N) is 3. The van der Waals surface area contributed by atoms with E-state index in [1.54, 1.807) is 13.3 Å². The van der Waals surface area contributed by atoms with Gasteiger partial charge in [-0.3, -0.25) is 0 Å².